The van der Waals surface area contributed by atoms with Crippen LogP contribution in [0.15, 0.2) is 60.8 Å². The van der Waals surface area contributed by atoms with Crippen LogP contribution in [-0.2, 0) is 4.74 Å². The molecule has 0 aliphatic carbocycles. The third-order valence-corrected chi connectivity index (χ3v) is 4.76. The van der Waals surface area contributed by atoms with Crippen molar-refractivity contribution in [2.75, 3.05) is 6.61 Å². The summed E-state index contributed by atoms with van der Waals surface area (Å²) < 4.78 is 6.75. The van der Waals surface area contributed by atoms with Gasteiger partial charge in [0.15, 0.2) is 5.65 Å². The predicted octanol–water partition coefficient (Wildman–Crippen LogP) is 5.57. The summed E-state index contributed by atoms with van der Waals surface area (Å²) in [6.45, 7) is 2.11. The van der Waals surface area contributed by atoms with Gasteiger partial charge in [-0.2, -0.15) is 5.10 Å². The first-order valence-corrected chi connectivity index (χ1v) is 9.40. The summed E-state index contributed by atoms with van der Waals surface area (Å²) in [7, 11) is 0. The van der Waals surface area contributed by atoms with Gasteiger partial charge in [0, 0.05) is 16.0 Å². The highest BCUT2D eigenvalue weighted by molar-refractivity contribution is 6.35. The first kappa shape index (κ1) is 18.5. The third kappa shape index (κ3) is 3.46. The first-order valence-electron chi connectivity index (χ1n) is 8.64. The van der Waals surface area contributed by atoms with Gasteiger partial charge in [0.2, 0.25) is 0 Å². The summed E-state index contributed by atoms with van der Waals surface area (Å²) >= 11 is 12.3. The van der Waals surface area contributed by atoms with Crippen LogP contribution in [0, 0.1) is 0 Å². The number of fused-ring (bicyclic) bond motifs is 1. The zero-order valence-corrected chi connectivity index (χ0v) is 16.4. The van der Waals surface area contributed by atoms with E-state index >= 15 is 0 Å². The molecule has 0 atom stereocenters. The number of carbonyl (C=O) groups excluding carboxylic acids is 1. The molecule has 7 heteroatoms. The Kier molecular flexibility index (Phi) is 5.03. The molecule has 0 aliphatic rings. The maximum atomic E-state index is 12.0. The Hall–Kier alpha value is -2.89. The molecule has 0 spiro atoms. The fourth-order valence-corrected chi connectivity index (χ4v) is 3.40. The Bertz CT molecular complexity index is 1190. The second-order valence-corrected chi connectivity index (χ2v) is 6.91. The molecule has 0 saturated heterocycles. The second kappa shape index (κ2) is 7.62. The third-order valence-electron chi connectivity index (χ3n) is 4.23. The number of pyridine rings is 1. The standard InChI is InChI=1S/C21H15Cl2N3O2/c1-2-28-21(27)14-5-3-4-13(10-14)18-8-6-15-12-24-26(20(15)25-18)19-9-7-16(22)11-17(19)23/h3-12H,2H2,1H3. The molecule has 0 unspecified atom stereocenters. The van der Waals surface area contributed by atoms with Gasteiger partial charge in [-0.25, -0.2) is 14.5 Å². The van der Waals surface area contributed by atoms with Crippen LogP contribution in [0.2, 0.25) is 10.0 Å². The molecule has 0 N–H and O–H groups in total. The molecule has 0 radical (unpaired) electrons. The van der Waals surface area contributed by atoms with E-state index in [0.29, 0.717) is 39.2 Å². The van der Waals surface area contributed by atoms with E-state index in [2.05, 4.69) is 5.10 Å². The van der Waals surface area contributed by atoms with Crippen molar-refractivity contribution in [1.29, 1.82) is 0 Å². The maximum Gasteiger partial charge on any atom is 0.338 e. The van der Waals surface area contributed by atoms with Gasteiger partial charge in [0.1, 0.15) is 0 Å². The van der Waals surface area contributed by atoms with E-state index in [0.717, 1.165) is 10.9 Å². The molecule has 28 heavy (non-hydrogen) atoms. The van der Waals surface area contributed by atoms with Gasteiger partial charge in [0.05, 0.1) is 34.8 Å². The van der Waals surface area contributed by atoms with Crippen LogP contribution in [-0.4, -0.2) is 27.3 Å². The van der Waals surface area contributed by atoms with E-state index in [-0.39, 0.29) is 5.97 Å². The van der Waals surface area contributed by atoms with Crippen molar-refractivity contribution in [3.63, 3.8) is 0 Å². The topological polar surface area (TPSA) is 57.0 Å². The minimum absolute atomic E-state index is 0.328. The number of benzene rings is 2. The molecule has 4 aromatic rings. The number of rotatable bonds is 4. The molecule has 0 fully saturated rings. The molecule has 4 rings (SSSR count). The van der Waals surface area contributed by atoms with Crippen molar-refractivity contribution >= 4 is 40.2 Å². The van der Waals surface area contributed by atoms with Gasteiger partial charge in [-0.1, -0.05) is 35.3 Å². The first-order chi connectivity index (χ1) is 13.6. The number of ether oxygens (including phenoxy) is 1. The molecule has 0 aliphatic heterocycles. The van der Waals surface area contributed by atoms with Gasteiger partial charge >= 0.3 is 5.97 Å². The number of carbonyl (C=O) groups is 1. The van der Waals surface area contributed by atoms with Crippen molar-refractivity contribution in [2.24, 2.45) is 0 Å². The minimum atomic E-state index is -0.358. The van der Waals surface area contributed by atoms with Gasteiger partial charge in [0.25, 0.3) is 0 Å². The van der Waals surface area contributed by atoms with Crippen molar-refractivity contribution < 1.29 is 9.53 Å². The van der Waals surface area contributed by atoms with Crippen molar-refractivity contribution in [1.82, 2.24) is 14.8 Å². The van der Waals surface area contributed by atoms with Crippen LogP contribution >= 0.6 is 23.2 Å². The van der Waals surface area contributed by atoms with Crippen LogP contribution in [0.1, 0.15) is 17.3 Å². The summed E-state index contributed by atoms with van der Waals surface area (Å²) in [6, 6.07) is 16.2. The fourth-order valence-electron chi connectivity index (χ4n) is 2.91. The highest BCUT2D eigenvalue weighted by atomic mass is 35.5. The number of nitrogens with zero attached hydrogens (tertiary/aromatic N) is 3. The number of esters is 1. The van der Waals surface area contributed by atoms with Crippen molar-refractivity contribution in [2.45, 2.75) is 6.92 Å². The van der Waals surface area contributed by atoms with Gasteiger partial charge in [-0.05, 0) is 49.4 Å². The zero-order chi connectivity index (χ0) is 19.7. The molecule has 2 aromatic heterocycles. The molecule has 2 aromatic carbocycles. The number of hydrogen-bond donors (Lipinski definition) is 0. The van der Waals surface area contributed by atoms with E-state index in [1.54, 1.807) is 54.2 Å². The lowest BCUT2D eigenvalue weighted by molar-refractivity contribution is 0.0526. The van der Waals surface area contributed by atoms with E-state index in [9.17, 15) is 4.79 Å². The molecule has 140 valence electrons. The Balaban J connectivity index is 1.80. The number of halogens is 2. The zero-order valence-electron chi connectivity index (χ0n) is 14.9. The molecule has 0 saturated carbocycles. The smallest absolute Gasteiger partial charge is 0.338 e. The van der Waals surface area contributed by atoms with Crippen LogP contribution in [0.3, 0.4) is 0 Å². The van der Waals surface area contributed by atoms with Gasteiger partial charge in [-0.3, -0.25) is 0 Å². The van der Waals surface area contributed by atoms with E-state index < -0.39 is 0 Å². The van der Waals surface area contributed by atoms with Gasteiger partial charge in [-0.15, -0.1) is 0 Å². The normalized spacial score (nSPS) is 11.0. The average Bonchev–Trinajstić information content (AvgIpc) is 3.11. The van der Waals surface area contributed by atoms with Crippen LogP contribution in [0.5, 0.6) is 0 Å². The quantitative estimate of drug-likeness (QED) is 0.411. The molecule has 0 amide bonds. The molecular weight excluding hydrogens is 397 g/mol. The molecule has 0 bridgehead atoms. The van der Waals surface area contributed by atoms with Crippen LogP contribution < -0.4 is 0 Å². The summed E-state index contributed by atoms with van der Waals surface area (Å²) in [4.78, 5) is 16.8. The summed E-state index contributed by atoms with van der Waals surface area (Å²) in [5.74, 6) is -0.358. The maximum absolute atomic E-state index is 12.0. The Labute approximate surface area is 171 Å². The Morgan fingerprint density at radius 1 is 1.11 bits per heavy atom. The second-order valence-electron chi connectivity index (χ2n) is 6.06. The highest BCUT2D eigenvalue weighted by Gasteiger charge is 2.13. The Morgan fingerprint density at radius 2 is 1.96 bits per heavy atom. The van der Waals surface area contributed by atoms with E-state index in [1.807, 2.05) is 18.2 Å². The predicted molar refractivity (Wildman–Crippen MR) is 110 cm³/mol. The van der Waals surface area contributed by atoms with Crippen LogP contribution in [0.25, 0.3) is 28.0 Å². The molecule has 2 heterocycles. The van der Waals surface area contributed by atoms with Crippen LogP contribution in [0.4, 0.5) is 0 Å². The monoisotopic (exact) mass is 411 g/mol. The van der Waals surface area contributed by atoms with Gasteiger partial charge < -0.3 is 4.74 Å². The van der Waals surface area contributed by atoms with E-state index in [4.69, 9.17) is 32.9 Å². The SMILES string of the molecule is CCOC(=O)c1cccc(-c2ccc3cnn(-c4ccc(Cl)cc4Cl)c3n2)c1. The largest absolute Gasteiger partial charge is 0.462 e. The summed E-state index contributed by atoms with van der Waals surface area (Å²) in [5, 5.41) is 6.32. The molecular formula is C21H15Cl2N3O2. The summed E-state index contributed by atoms with van der Waals surface area (Å²) in [5.41, 5.74) is 3.35. The fraction of sp³-hybridized carbons (Fsp3) is 0.0952. The number of hydrogen-bond acceptors (Lipinski definition) is 4. The lowest BCUT2D eigenvalue weighted by Crippen LogP contribution is -2.04. The Morgan fingerprint density at radius 3 is 2.75 bits per heavy atom. The van der Waals surface area contributed by atoms with Crippen molar-refractivity contribution in [3.8, 4) is 16.9 Å². The van der Waals surface area contributed by atoms with Crippen molar-refractivity contribution in [3.05, 3.63) is 76.4 Å². The average molecular weight is 412 g/mol. The minimum Gasteiger partial charge on any atom is -0.462 e. The van der Waals surface area contributed by atoms with E-state index in [1.165, 1.54) is 0 Å². The number of aromatic nitrogens is 3. The lowest BCUT2D eigenvalue weighted by atomic mass is 10.1. The summed E-state index contributed by atoms with van der Waals surface area (Å²) in [6.07, 6.45) is 1.73. The highest BCUT2D eigenvalue weighted by Crippen LogP contribution is 2.28. The molecule has 5 nitrogen and oxygen atoms in total. The lowest BCUT2D eigenvalue weighted by Gasteiger charge is -2.08.